The van der Waals surface area contributed by atoms with E-state index in [0.29, 0.717) is 17.1 Å². The van der Waals surface area contributed by atoms with Gasteiger partial charge in [0, 0.05) is 12.6 Å². The van der Waals surface area contributed by atoms with Crippen molar-refractivity contribution >= 4 is 5.82 Å². The molecule has 2 rings (SSSR count). The van der Waals surface area contributed by atoms with Gasteiger partial charge in [0.05, 0.1) is 0 Å². The van der Waals surface area contributed by atoms with Gasteiger partial charge in [0.15, 0.2) is 0 Å². The lowest BCUT2D eigenvalue weighted by molar-refractivity contribution is 0.782. The normalized spacial score (nSPS) is 10.1. The SMILES string of the molecule is Cc1cccc(-c2nn(C)c(N)c2C#N)c1. The van der Waals surface area contributed by atoms with Crippen LogP contribution in [0.3, 0.4) is 0 Å². The minimum Gasteiger partial charge on any atom is -0.383 e. The van der Waals surface area contributed by atoms with Crippen LogP contribution in [0.4, 0.5) is 5.82 Å². The number of rotatable bonds is 1. The number of anilines is 1. The molecule has 4 heteroatoms. The van der Waals surface area contributed by atoms with Crippen molar-refractivity contribution in [2.45, 2.75) is 6.92 Å². The van der Waals surface area contributed by atoms with Crippen LogP contribution in [0.1, 0.15) is 11.1 Å². The standard InChI is InChI=1S/C12H12N4/c1-8-4-3-5-9(6-8)11-10(7-13)12(14)16(2)15-11/h3-6H,14H2,1-2H3. The molecule has 0 atom stereocenters. The van der Waals surface area contributed by atoms with E-state index in [-0.39, 0.29) is 0 Å². The smallest absolute Gasteiger partial charge is 0.140 e. The van der Waals surface area contributed by atoms with Gasteiger partial charge in [0.1, 0.15) is 23.1 Å². The number of nitrogens with zero attached hydrogens (tertiary/aromatic N) is 3. The third-order valence-corrected chi connectivity index (χ3v) is 2.49. The van der Waals surface area contributed by atoms with Crippen LogP contribution in [0, 0.1) is 18.3 Å². The maximum Gasteiger partial charge on any atom is 0.140 e. The number of nitrogen functional groups attached to an aromatic ring is 1. The molecular formula is C12H12N4. The number of hydrogen-bond acceptors (Lipinski definition) is 3. The van der Waals surface area contributed by atoms with Crippen molar-refractivity contribution < 1.29 is 0 Å². The fraction of sp³-hybridized carbons (Fsp3) is 0.167. The van der Waals surface area contributed by atoms with Gasteiger partial charge >= 0.3 is 0 Å². The summed E-state index contributed by atoms with van der Waals surface area (Å²) in [6.45, 7) is 2.00. The lowest BCUT2D eigenvalue weighted by atomic mass is 10.1. The molecule has 0 spiro atoms. The molecular weight excluding hydrogens is 200 g/mol. The number of nitrogens with two attached hydrogens (primary N) is 1. The highest BCUT2D eigenvalue weighted by Gasteiger charge is 2.14. The summed E-state index contributed by atoms with van der Waals surface area (Å²) in [6, 6.07) is 9.95. The Balaban J connectivity index is 2.66. The number of aromatic nitrogens is 2. The van der Waals surface area contributed by atoms with Crippen LogP contribution in [0.15, 0.2) is 24.3 Å². The second-order valence-corrected chi connectivity index (χ2v) is 3.71. The van der Waals surface area contributed by atoms with Crippen molar-refractivity contribution in [2.75, 3.05) is 5.73 Å². The van der Waals surface area contributed by atoms with Crippen molar-refractivity contribution in [1.82, 2.24) is 9.78 Å². The molecule has 0 fully saturated rings. The molecule has 0 saturated carbocycles. The quantitative estimate of drug-likeness (QED) is 0.784. The molecule has 1 aromatic heterocycles. The number of aryl methyl sites for hydroxylation is 2. The maximum atomic E-state index is 9.06. The van der Waals surface area contributed by atoms with Gasteiger partial charge in [-0.3, -0.25) is 4.68 Å². The van der Waals surface area contributed by atoms with E-state index in [0.717, 1.165) is 11.1 Å². The van der Waals surface area contributed by atoms with Crippen molar-refractivity contribution in [1.29, 1.82) is 5.26 Å². The zero-order valence-corrected chi connectivity index (χ0v) is 9.23. The number of hydrogen-bond donors (Lipinski definition) is 1. The van der Waals surface area contributed by atoms with Crippen LogP contribution in [-0.4, -0.2) is 9.78 Å². The summed E-state index contributed by atoms with van der Waals surface area (Å²) in [5, 5.41) is 13.3. The van der Waals surface area contributed by atoms with E-state index in [4.69, 9.17) is 11.0 Å². The predicted octanol–water partition coefficient (Wildman–Crippen LogP) is 1.85. The van der Waals surface area contributed by atoms with Crippen molar-refractivity contribution in [2.24, 2.45) is 7.05 Å². The Kier molecular flexibility index (Phi) is 2.37. The van der Waals surface area contributed by atoms with Crippen LogP contribution in [0.25, 0.3) is 11.3 Å². The van der Waals surface area contributed by atoms with Gasteiger partial charge in [-0.15, -0.1) is 0 Å². The van der Waals surface area contributed by atoms with Gasteiger partial charge in [-0.25, -0.2) is 0 Å². The molecule has 0 radical (unpaired) electrons. The molecule has 0 aliphatic carbocycles. The third kappa shape index (κ3) is 1.52. The molecule has 1 aromatic carbocycles. The van der Waals surface area contributed by atoms with Crippen LogP contribution < -0.4 is 5.73 Å². The van der Waals surface area contributed by atoms with E-state index in [1.165, 1.54) is 4.68 Å². The molecule has 0 bridgehead atoms. The second kappa shape index (κ2) is 3.70. The summed E-state index contributed by atoms with van der Waals surface area (Å²) in [6.07, 6.45) is 0. The first-order valence-electron chi connectivity index (χ1n) is 4.93. The zero-order valence-electron chi connectivity index (χ0n) is 9.23. The maximum absolute atomic E-state index is 9.06. The van der Waals surface area contributed by atoms with Gasteiger partial charge in [0.25, 0.3) is 0 Å². The summed E-state index contributed by atoms with van der Waals surface area (Å²) in [5.41, 5.74) is 8.90. The van der Waals surface area contributed by atoms with Gasteiger partial charge < -0.3 is 5.73 Å². The molecule has 2 N–H and O–H groups in total. The monoisotopic (exact) mass is 212 g/mol. The van der Waals surface area contributed by atoms with Crippen molar-refractivity contribution in [3.05, 3.63) is 35.4 Å². The van der Waals surface area contributed by atoms with Crippen LogP contribution >= 0.6 is 0 Å². The highest BCUT2D eigenvalue weighted by atomic mass is 15.3. The van der Waals surface area contributed by atoms with E-state index in [2.05, 4.69) is 11.2 Å². The molecule has 0 aliphatic heterocycles. The van der Waals surface area contributed by atoms with Gasteiger partial charge in [-0.2, -0.15) is 10.4 Å². The Morgan fingerprint density at radius 3 is 2.81 bits per heavy atom. The average Bonchev–Trinajstić information content (AvgIpc) is 2.55. The molecule has 1 heterocycles. The second-order valence-electron chi connectivity index (χ2n) is 3.71. The van der Waals surface area contributed by atoms with Gasteiger partial charge in [-0.05, 0) is 13.0 Å². The largest absolute Gasteiger partial charge is 0.383 e. The molecule has 0 aliphatic rings. The first kappa shape index (κ1) is 10.2. The fourth-order valence-electron chi connectivity index (χ4n) is 1.64. The molecule has 4 nitrogen and oxygen atoms in total. The summed E-state index contributed by atoms with van der Waals surface area (Å²) in [5.74, 6) is 0.402. The third-order valence-electron chi connectivity index (χ3n) is 2.49. The van der Waals surface area contributed by atoms with Crippen molar-refractivity contribution in [3.8, 4) is 17.3 Å². The Morgan fingerprint density at radius 1 is 1.44 bits per heavy atom. The molecule has 80 valence electrons. The molecule has 0 unspecified atom stereocenters. The van der Waals surface area contributed by atoms with E-state index >= 15 is 0 Å². The first-order valence-corrected chi connectivity index (χ1v) is 4.93. The highest BCUT2D eigenvalue weighted by Crippen LogP contribution is 2.26. The Bertz CT molecular complexity index is 575. The number of nitriles is 1. The highest BCUT2D eigenvalue weighted by molar-refractivity contribution is 5.72. The van der Waals surface area contributed by atoms with E-state index in [1.807, 2.05) is 31.2 Å². The first-order chi connectivity index (χ1) is 7.63. The van der Waals surface area contributed by atoms with Crippen LogP contribution in [0.5, 0.6) is 0 Å². The summed E-state index contributed by atoms with van der Waals surface area (Å²) in [4.78, 5) is 0. The molecule has 0 amide bonds. The lowest BCUT2D eigenvalue weighted by Crippen LogP contribution is -1.97. The fourth-order valence-corrected chi connectivity index (χ4v) is 1.64. The number of benzene rings is 1. The summed E-state index contributed by atoms with van der Waals surface area (Å²) >= 11 is 0. The molecule has 2 aromatic rings. The van der Waals surface area contributed by atoms with Gasteiger partial charge in [0.2, 0.25) is 0 Å². The average molecular weight is 212 g/mol. The van der Waals surface area contributed by atoms with E-state index in [9.17, 15) is 0 Å². The Hall–Kier alpha value is -2.28. The topological polar surface area (TPSA) is 67.6 Å². The predicted molar refractivity (Wildman–Crippen MR) is 62.5 cm³/mol. The Labute approximate surface area is 93.9 Å². The minimum absolute atomic E-state index is 0.402. The molecule has 16 heavy (non-hydrogen) atoms. The lowest BCUT2D eigenvalue weighted by Gasteiger charge is -1.98. The van der Waals surface area contributed by atoms with Crippen molar-refractivity contribution in [3.63, 3.8) is 0 Å². The van der Waals surface area contributed by atoms with Gasteiger partial charge in [-0.1, -0.05) is 23.8 Å². The zero-order chi connectivity index (χ0) is 11.7. The van der Waals surface area contributed by atoms with E-state index < -0.39 is 0 Å². The Morgan fingerprint density at radius 2 is 2.19 bits per heavy atom. The minimum atomic E-state index is 0.402. The molecule has 0 saturated heterocycles. The summed E-state index contributed by atoms with van der Waals surface area (Å²) < 4.78 is 1.52. The van der Waals surface area contributed by atoms with Crippen LogP contribution in [-0.2, 0) is 7.05 Å². The van der Waals surface area contributed by atoms with Crippen LogP contribution in [0.2, 0.25) is 0 Å². The van der Waals surface area contributed by atoms with E-state index in [1.54, 1.807) is 7.05 Å². The summed E-state index contributed by atoms with van der Waals surface area (Å²) in [7, 11) is 1.73.